The molecule has 2 aromatic heterocycles. The third kappa shape index (κ3) is 4.27. The highest BCUT2D eigenvalue weighted by Gasteiger charge is 2.25. The molecule has 28 heavy (non-hydrogen) atoms. The van der Waals surface area contributed by atoms with E-state index < -0.39 is 0 Å². The van der Waals surface area contributed by atoms with E-state index in [0.29, 0.717) is 30.5 Å². The Hall–Kier alpha value is -3.02. The number of hydrogen-bond acceptors (Lipinski definition) is 5. The largest absolute Gasteiger partial charge is 0.342 e. The van der Waals surface area contributed by atoms with E-state index >= 15 is 0 Å². The van der Waals surface area contributed by atoms with Crippen LogP contribution in [-0.4, -0.2) is 39.0 Å². The second-order valence-electron chi connectivity index (χ2n) is 7.42. The molecule has 1 atom stereocenters. The summed E-state index contributed by atoms with van der Waals surface area (Å²) >= 11 is 0. The van der Waals surface area contributed by atoms with Gasteiger partial charge in [-0.25, -0.2) is 0 Å². The van der Waals surface area contributed by atoms with Crippen LogP contribution in [0.1, 0.15) is 29.9 Å². The molecule has 1 unspecified atom stereocenters. The average Bonchev–Trinajstić information content (AvgIpc) is 3.17. The van der Waals surface area contributed by atoms with E-state index in [1.165, 1.54) is 0 Å². The second-order valence-corrected chi connectivity index (χ2v) is 7.42. The van der Waals surface area contributed by atoms with Gasteiger partial charge in [-0.3, -0.25) is 9.78 Å². The quantitative estimate of drug-likeness (QED) is 0.682. The molecule has 0 spiro atoms. The van der Waals surface area contributed by atoms with Crippen LogP contribution in [0, 0.1) is 12.8 Å². The van der Waals surface area contributed by atoms with Crippen molar-refractivity contribution in [3.63, 3.8) is 0 Å². The van der Waals surface area contributed by atoms with Crippen LogP contribution in [-0.2, 0) is 17.6 Å². The van der Waals surface area contributed by atoms with Crippen molar-refractivity contribution in [3.05, 3.63) is 65.8 Å². The molecule has 1 aliphatic rings. The Morgan fingerprint density at radius 2 is 2.14 bits per heavy atom. The average molecular weight is 376 g/mol. The zero-order valence-electron chi connectivity index (χ0n) is 16.0. The Bertz CT molecular complexity index is 938. The molecule has 3 heterocycles. The Kier molecular flexibility index (Phi) is 5.46. The maximum atomic E-state index is 12.6. The Morgan fingerprint density at radius 1 is 1.25 bits per heavy atom. The Balaban J connectivity index is 1.38. The molecule has 0 saturated carbocycles. The lowest BCUT2D eigenvalue weighted by Gasteiger charge is -2.32. The van der Waals surface area contributed by atoms with Gasteiger partial charge < -0.3 is 9.42 Å². The maximum absolute atomic E-state index is 12.6. The van der Waals surface area contributed by atoms with E-state index in [1.54, 1.807) is 12.4 Å². The lowest BCUT2D eigenvalue weighted by atomic mass is 9.94. The van der Waals surface area contributed by atoms with Crippen LogP contribution in [0.25, 0.3) is 11.4 Å². The summed E-state index contributed by atoms with van der Waals surface area (Å²) < 4.78 is 5.50. The monoisotopic (exact) mass is 376 g/mol. The third-order valence-corrected chi connectivity index (χ3v) is 5.27. The van der Waals surface area contributed by atoms with Gasteiger partial charge in [0.1, 0.15) is 0 Å². The standard InChI is InChI=1S/C22H24N4O2/c1-16-6-2-3-9-19(16)22-24-20(28-25-22)12-18-8-5-11-26(15-18)21(27)13-17-7-4-10-23-14-17/h2-4,6-7,9-10,14,18H,5,8,11-13,15H2,1H3. The number of aryl methyl sites for hydroxylation is 1. The first-order chi connectivity index (χ1) is 13.7. The third-order valence-electron chi connectivity index (χ3n) is 5.27. The topological polar surface area (TPSA) is 72.1 Å². The van der Waals surface area contributed by atoms with Gasteiger partial charge in [0, 0.05) is 37.5 Å². The van der Waals surface area contributed by atoms with Gasteiger partial charge >= 0.3 is 0 Å². The molecule has 6 nitrogen and oxygen atoms in total. The number of nitrogens with zero attached hydrogens (tertiary/aromatic N) is 4. The van der Waals surface area contributed by atoms with Crippen LogP contribution in [0.5, 0.6) is 0 Å². The lowest BCUT2D eigenvalue weighted by Crippen LogP contribution is -2.41. The summed E-state index contributed by atoms with van der Waals surface area (Å²) in [7, 11) is 0. The molecule has 0 aliphatic carbocycles. The van der Waals surface area contributed by atoms with Crippen molar-refractivity contribution in [1.82, 2.24) is 20.0 Å². The number of benzene rings is 1. The fourth-order valence-corrected chi connectivity index (χ4v) is 3.77. The summed E-state index contributed by atoms with van der Waals surface area (Å²) in [6.07, 6.45) is 6.65. The van der Waals surface area contributed by atoms with E-state index in [4.69, 9.17) is 4.52 Å². The van der Waals surface area contributed by atoms with Crippen LogP contribution in [0.15, 0.2) is 53.3 Å². The van der Waals surface area contributed by atoms with Crippen molar-refractivity contribution < 1.29 is 9.32 Å². The summed E-state index contributed by atoms with van der Waals surface area (Å²) in [6.45, 7) is 3.59. The number of amides is 1. The molecule has 1 saturated heterocycles. The number of piperidine rings is 1. The molecule has 144 valence electrons. The van der Waals surface area contributed by atoms with Gasteiger partial charge in [0.25, 0.3) is 0 Å². The zero-order chi connectivity index (χ0) is 19.3. The number of carbonyl (C=O) groups is 1. The fourth-order valence-electron chi connectivity index (χ4n) is 3.77. The molecular formula is C22H24N4O2. The number of likely N-dealkylation sites (tertiary alicyclic amines) is 1. The molecule has 0 radical (unpaired) electrons. The van der Waals surface area contributed by atoms with Gasteiger partial charge in [0.15, 0.2) is 0 Å². The minimum Gasteiger partial charge on any atom is -0.342 e. The molecule has 1 amide bonds. The summed E-state index contributed by atoms with van der Waals surface area (Å²) in [5, 5.41) is 4.15. The van der Waals surface area contributed by atoms with E-state index in [9.17, 15) is 4.79 Å². The first-order valence-corrected chi connectivity index (χ1v) is 9.74. The minimum absolute atomic E-state index is 0.156. The summed E-state index contributed by atoms with van der Waals surface area (Å²) in [6, 6.07) is 11.8. The van der Waals surface area contributed by atoms with Gasteiger partial charge in [-0.15, -0.1) is 0 Å². The number of aromatic nitrogens is 3. The van der Waals surface area contributed by atoms with Crippen molar-refractivity contribution in [2.24, 2.45) is 5.92 Å². The normalized spacial score (nSPS) is 16.9. The SMILES string of the molecule is Cc1ccccc1-c1noc(CC2CCCN(C(=O)Cc3cccnc3)C2)n1. The van der Waals surface area contributed by atoms with Crippen molar-refractivity contribution in [2.45, 2.75) is 32.6 Å². The molecule has 6 heteroatoms. The molecule has 4 rings (SSSR count). The smallest absolute Gasteiger partial charge is 0.227 e. The molecule has 0 bridgehead atoms. The van der Waals surface area contributed by atoms with Crippen molar-refractivity contribution in [3.8, 4) is 11.4 Å². The van der Waals surface area contributed by atoms with Crippen molar-refractivity contribution >= 4 is 5.91 Å². The van der Waals surface area contributed by atoms with Gasteiger partial charge in [-0.05, 0) is 42.9 Å². The highest BCUT2D eigenvalue weighted by Crippen LogP contribution is 2.24. The van der Waals surface area contributed by atoms with Gasteiger partial charge in [0.2, 0.25) is 17.6 Å². The van der Waals surface area contributed by atoms with Crippen molar-refractivity contribution in [1.29, 1.82) is 0 Å². The predicted molar refractivity (Wildman–Crippen MR) is 105 cm³/mol. The van der Waals surface area contributed by atoms with E-state index in [1.807, 2.05) is 48.2 Å². The first-order valence-electron chi connectivity index (χ1n) is 9.74. The van der Waals surface area contributed by atoms with Crippen LogP contribution < -0.4 is 0 Å². The Labute approximate surface area is 164 Å². The van der Waals surface area contributed by atoms with Crippen LogP contribution >= 0.6 is 0 Å². The number of hydrogen-bond donors (Lipinski definition) is 0. The van der Waals surface area contributed by atoms with E-state index in [-0.39, 0.29) is 5.91 Å². The summed E-state index contributed by atoms with van der Waals surface area (Å²) in [4.78, 5) is 23.3. The predicted octanol–water partition coefficient (Wildman–Crippen LogP) is 3.46. The highest BCUT2D eigenvalue weighted by atomic mass is 16.5. The van der Waals surface area contributed by atoms with Gasteiger partial charge in [-0.2, -0.15) is 4.98 Å². The number of pyridine rings is 1. The Morgan fingerprint density at radius 3 is 2.96 bits per heavy atom. The fraction of sp³-hybridized carbons (Fsp3) is 0.364. The van der Waals surface area contributed by atoms with Crippen LogP contribution in [0.4, 0.5) is 0 Å². The molecule has 0 N–H and O–H groups in total. The van der Waals surface area contributed by atoms with Gasteiger partial charge in [0.05, 0.1) is 6.42 Å². The zero-order valence-corrected chi connectivity index (χ0v) is 16.0. The van der Waals surface area contributed by atoms with Crippen LogP contribution in [0.2, 0.25) is 0 Å². The maximum Gasteiger partial charge on any atom is 0.227 e. The van der Waals surface area contributed by atoms with E-state index in [2.05, 4.69) is 15.1 Å². The van der Waals surface area contributed by atoms with Gasteiger partial charge in [-0.1, -0.05) is 35.5 Å². The van der Waals surface area contributed by atoms with Crippen molar-refractivity contribution in [2.75, 3.05) is 13.1 Å². The molecule has 1 aliphatic heterocycles. The summed E-state index contributed by atoms with van der Waals surface area (Å²) in [5.74, 6) is 1.78. The van der Waals surface area contributed by atoms with E-state index in [0.717, 1.165) is 42.6 Å². The molecular weight excluding hydrogens is 352 g/mol. The molecule has 1 aromatic carbocycles. The number of carbonyl (C=O) groups excluding carboxylic acids is 1. The lowest BCUT2D eigenvalue weighted by molar-refractivity contribution is -0.132. The second kappa shape index (κ2) is 8.33. The molecule has 1 fully saturated rings. The highest BCUT2D eigenvalue weighted by molar-refractivity contribution is 5.78. The van der Waals surface area contributed by atoms with Crippen LogP contribution in [0.3, 0.4) is 0 Å². The summed E-state index contributed by atoms with van der Waals surface area (Å²) in [5.41, 5.74) is 3.07. The minimum atomic E-state index is 0.156. The molecule has 3 aromatic rings. The number of rotatable bonds is 5. The first kappa shape index (κ1) is 18.3.